The van der Waals surface area contributed by atoms with Gasteiger partial charge in [0.05, 0.1) is 16.6 Å². The van der Waals surface area contributed by atoms with Gasteiger partial charge in [0.15, 0.2) is 6.61 Å². The lowest BCUT2D eigenvalue weighted by Crippen LogP contribution is -2.32. The number of carbonyl (C=O) groups excluding carboxylic acids is 3. The number of thiazole rings is 1. The molecule has 3 aromatic carbocycles. The molecule has 8 nitrogen and oxygen atoms in total. The van der Waals surface area contributed by atoms with Crippen LogP contribution in [0.25, 0.3) is 0 Å². The molecule has 3 amide bonds. The van der Waals surface area contributed by atoms with Gasteiger partial charge in [-0.3, -0.25) is 19.2 Å². The third kappa shape index (κ3) is 4.71. The van der Waals surface area contributed by atoms with Crippen molar-refractivity contribution in [2.24, 2.45) is 5.92 Å². The largest absolute Gasteiger partial charge is 0.484 e. The second-order valence-corrected chi connectivity index (χ2v) is 11.6. The Balaban J connectivity index is 1.25. The summed E-state index contributed by atoms with van der Waals surface area (Å²) < 4.78 is 19.2. The van der Waals surface area contributed by atoms with E-state index in [2.05, 4.69) is 10.3 Å². The molecule has 1 fully saturated rings. The fourth-order valence-corrected chi connectivity index (χ4v) is 7.56. The van der Waals surface area contributed by atoms with Crippen molar-refractivity contribution in [3.63, 3.8) is 0 Å². The van der Waals surface area contributed by atoms with Gasteiger partial charge in [-0.2, -0.15) is 0 Å². The number of H-pyrrole nitrogens is 1. The van der Waals surface area contributed by atoms with E-state index in [4.69, 9.17) is 4.74 Å². The van der Waals surface area contributed by atoms with Gasteiger partial charge >= 0.3 is 4.87 Å². The molecule has 0 spiro atoms. The summed E-state index contributed by atoms with van der Waals surface area (Å²) >= 11 is 2.19. The van der Waals surface area contributed by atoms with Gasteiger partial charge in [0.1, 0.15) is 16.8 Å². The highest BCUT2D eigenvalue weighted by Crippen LogP contribution is 2.53. The predicted octanol–water partition coefficient (Wildman–Crippen LogP) is 4.70. The molecule has 11 heteroatoms. The van der Waals surface area contributed by atoms with E-state index in [1.165, 1.54) is 36.0 Å². The van der Waals surface area contributed by atoms with E-state index in [1.807, 2.05) is 31.2 Å². The number of fused-ring (bicyclic) bond motifs is 2. The number of benzene rings is 3. The van der Waals surface area contributed by atoms with Crippen LogP contribution in [0.5, 0.6) is 5.75 Å². The molecule has 3 heterocycles. The van der Waals surface area contributed by atoms with E-state index >= 15 is 0 Å². The van der Waals surface area contributed by atoms with Crippen LogP contribution in [-0.4, -0.2) is 34.6 Å². The van der Waals surface area contributed by atoms with E-state index in [9.17, 15) is 23.6 Å². The number of anilines is 2. The summed E-state index contributed by atoms with van der Waals surface area (Å²) in [5.41, 5.74) is 2.68. The summed E-state index contributed by atoms with van der Waals surface area (Å²) in [6.07, 6.45) is 0. The number of nitrogens with one attached hydrogen (secondary N) is 2. The summed E-state index contributed by atoms with van der Waals surface area (Å²) in [6.45, 7) is 1.71. The molecule has 40 heavy (non-hydrogen) atoms. The molecule has 3 atom stereocenters. The van der Waals surface area contributed by atoms with Gasteiger partial charge in [-0.15, -0.1) is 0 Å². The maximum atomic E-state index is 13.7. The van der Waals surface area contributed by atoms with Gasteiger partial charge in [0, 0.05) is 16.5 Å². The SMILES string of the molecule is Cc1ccccc1NC(=O)COc1ccc(C2c3sc(=O)[nH]c3SC3C(=O)N(c4ccc(F)cc4)C(=O)C32)cc1. The van der Waals surface area contributed by atoms with Crippen LogP contribution in [0.4, 0.5) is 15.8 Å². The average Bonchev–Trinajstić information content (AvgIpc) is 3.44. The second kappa shape index (κ2) is 10.4. The summed E-state index contributed by atoms with van der Waals surface area (Å²) in [5, 5.41) is 2.64. The van der Waals surface area contributed by atoms with Gasteiger partial charge in [0.2, 0.25) is 11.8 Å². The van der Waals surface area contributed by atoms with Crippen molar-refractivity contribution in [1.82, 2.24) is 4.98 Å². The monoisotopic (exact) mass is 575 g/mol. The number of aromatic amines is 1. The van der Waals surface area contributed by atoms with Crippen LogP contribution in [0.2, 0.25) is 0 Å². The Bertz CT molecular complexity index is 1680. The van der Waals surface area contributed by atoms with Crippen LogP contribution < -0.4 is 19.8 Å². The van der Waals surface area contributed by atoms with Crippen molar-refractivity contribution < 1.29 is 23.5 Å². The number of ether oxygens (including phenoxy) is 1. The number of nitrogens with zero attached hydrogens (tertiary/aromatic N) is 1. The lowest BCUT2D eigenvalue weighted by Gasteiger charge is -2.29. The zero-order chi connectivity index (χ0) is 28.0. The Labute approximate surface area is 236 Å². The Hall–Kier alpha value is -4.22. The molecule has 0 radical (unpaired) electrons. The number of halogens is 1. The number of aryl methyl sites for hydroxylation is 1. The fourth-order valence-electron chi connectivity index (χ4n) is 5.04. The minimum absolute atomic E-state index is 0.193. The topological polar surface area (TPSA) is 109 Å². The Morgan fingerprint density at radius 2 is 1.73 bits per heavy atom. The maximum absolute atomic E-state index is 13.7. The molecule has 6 rings (SSSR count). The molecule has 202 valence electrons. The number of hydrogen-bond acceptors (Lipinski definition) is 7. The first-order valence-corrected chi connectivity index (χ1v) is 14.1. The minimum Gasteiger partial charge on any atom is -0.484 e. The van der Waals surface area contributed by atoms with Crippen molar-refractivity contribution in [1.29, 1.82) is 0 Å². The third-order valence-corrected chi connectivity index (χ3v) is 9.34. The van der Waals surface area contributed by atoms with E-state index in [1.54, 1.807) is 24.3 Å². The van der Waals surface area contributed by atoms with Crippen molar-refractivity contribution in [3.8, 4) is 5.75 Å². The van der Waals surface area contributed by atoms with Gasteiger partial charge in [-0.05, 0) is 60.5 Å². The summed E-state index contributed by atoms with van der Waals surface area (Å²) in [5.74, 6) is -2.44. The van der Waals surface area contributed by atoms with Gasteiger partial charge in [-0.1, -0.05) is 53.4 Å². The van der Waals surface area contributed by atoms with E-state index < -0.39 is 34.7 Å². The summed E-state index contributed by atoms with van der Waals surface area (Å²) in [6, 6.07) is 19.6. The third-order valence-electron chi connectivity index (χ3n) is 6.94. The fraction of sp³-hybridized carbons (Fsp3) is 0.172. The zero-order valence-electron chi connectivity index (χ0n) is 21.1. The average molecular weight is 576 g/mol. The van der Waals surface area contributed by atoms with Crippen molar-refractivity contribution in [2.75, 3.05) is 16.8 Å². The summed E-state index contributed by atoms with van der Waals surface area (Å²) in [7, 11) is 0. The second-order valence-electron chi connectivity index (χ2n) is 9.46. The van der Waals surface area contributed by atoms with Gasteiger partial charge in [0.25, 0.3) is 5.91 Å². The van der Waals surface area contributed by atoms with Crippen molar-refractivity contribution >= 4 is 52.2 Å². The van der Waals surface area contributed by atoms with Crippen LogP contribution in [0.3, 0.4) is 0 Å². The summed E-state index contributed by atoms with van der Waals surface area (Å²) in [4.78, 5) is 56.1. The molecule has 2 aliphatic heterocycles. The number of rotatable bonds is 6. The molecule has 1 aromatic heterocycles. The van der Waals surface area contributed by atoms with Gasteiger partial charge in [-0.25, -0.2) is 9.29 Å². The van der Waals surface area contributed by atoms with Gasteiger partial charge < -0.3 is 15.0 Å². The first-order valence-electron chi connectivity index (χ1n) is 12.4. The number of hydrogen-bond donors (Lipinski definition) is 2. The highest BCUT2D eigenvalue weighted by Gasteiger charge is 2.56. The number of para-hydroxylation sites is 1. The number of imide groups is 1. The number of carbonyl (C=O) groups is 3. The Morgan fingerprint density at radius 3 is 2.45 bits per heavy atom. The molecule has 2 N–H and O–H groups in total. The first kappa shape index (κ1) is 26.0. The Morgan fingerprint density at radius 1 is 1.00 bits per heavy atom. The molecule has 4 aromatic rings. The number of aromatic nitrogens is 1. The molecular formula is C29H22FN3O5S2. The normalized spacial score (nSPS) is 19.8. The maximum Gasteiger partial charge on any atom is 0.305 e. The molecule has 3 unspecified atom stereocenters. The highest BCUT2D eigenvalue weighted by molar-refractivity contribution is 8.00. The minimum atomic E-state index is -0.756. The van der Waals surface area contributed by atoms with Crippen LogP contribution >= 0.6 is 23.1 Å². The standard InChI is InChI=1S/C29H22FN3O5S2/c1-15-4-2-3-5-20(15)31-21(34)14-38-19-12-6-16(7-13-19)22-23-25(39-26-24(22)40-29(37)32-26)28(36)33(27(23)35)18-10-8-17(30)9-11-18/h2-13,22-23,25H,14H2,1H3,(H,31,34)(H,32,37). The van der Waals surface area contributed by atoms with E-state index in [0.717, 1.165) is 27.4 Å². The number of amides is 3. The van der Waals surface area contributed by atoms with Crippen LogP contribution in [0.1, 0.15) is 21.9 Å². The first-order chi connectivity index (χ1) is 19.3. The molecular weight excluding hydrogens is 553 g/mol. The molecule has 1 saturated heterocycles. The molecule has 0 aliphatic carbocycles. The van der Waals surface area contributed by atoms with Crippen molar-refractivity contribution in [3.05, 3.63) is 104 Å². The molecule has 0 saturated carbocycles. The van der Waals surface area contributed by atoms with Crippen molar-refractivity contribution in [2.45, 2.75) is 23.1 Å². The number of thioether (sulfide) groups is 1. The van der Waals surface area contributed by atoms with Crippen LogP contribution in [-0.2, 0) is 14.4 Å². The highest BCUT2D eigenvalue weighted by atomic mass is 32.2. The predicted molar refractivity (Wildman–Crippen MR) is 151 cm³/mol. The molecule has 0 bridgehead atoms. The quantitative estimate of drug-likeness (QED) is 0.323. The molecule has 2 aliphatic rings. The smallest absolute Gasteiger partial charge is 0.305 e. The Kier molecular flexibility index (Phi) is 6.77. The lowest BCUT2D eigenvalue weighted by molar-refractivity contribution is -0.122. The van der Waals surface area contributed by atoms with Crippen LogP contribution in [0, 0.1) is 18.7 Å². The van der Waals surface area contributed by atoms with Crippen LogP contribution in [0.15, 0.2) is 82.6 Å². The van der Waals surface area contributed by atoms with E-state index in [0.29, 0.717) is 27.0 Å². The van der Waals surface area contributed by atoms with E-state index in [-0.39, 0.29) is 17.4 Å². The lowest BCUT2D eigenvalue weighted by atomic mass is 9.83. The zero-order valence-corrected chi connectivity index (χ0v) is 22.7.